The largest absolute Gasteiger partial charge is 0.467 e. The van der Waals surface area contributed by atoms with Crippen molar-refractivity contribution in [3.05, 3.63) is 11.8 Å². The first-order chi connectivity index (χ1) is 19.9. The third-order valence-corrected chi connectivity index (χ3v) is 8.31. The second kappa shape index (κ2) is 14.1. The number of ether oxygens (including phenoxy) is 4. The highest BCUT2D eigenvalue weighted by Crippen LogP contribution is 2.32. The van der Waals surface area contributed by atoms with Gasteiger partial charge in [-0.1, -0.05) is 0 Å². The average molecular weight is 605 g/mol. The van der Waals surface area contributed by atoms with Crippen molar-refractivity contribution in [1.29, 1.82) is 0 Å². The Morgan fingerprint density at radius 1 is 1.14 bits per heavy atom. The molecule has 4 rings (SSSR count). The van der Waals surface area contributed by atoms with Crippen molar-refractivity contribution in [1.82, 2.24) is 21.3 Å². The fourth-order valence-corrected chi connectivity index (χ4v) is 5.90. The Morgan fingerprint density at radius 3 is 2.50 bits per heavy atom. The quantitative estimate of drug-likeness (QED) is 0.0930. The third-order valence-electron chi connectivity index (χ3n) is 8.31. The molecule has 2 saturated heterocycles. The fourth-order valence-electron chi connectivity index (χ4n) is 5.90. The van der Waals surface area contributed by atoms with Gasteiger partial charge in [0.05, 0.1) is 49.9 Å². The normalized spacial score (nSPS) is 41.8. The Balaban J connectivity index is 1.49. The van der Waals surface area contributed by atoms with Gasteiger partial charge in [-0.05, 0) is 32.9 Å². The number of rotatable bonds is 12. The molecule has 3 fully saturated rings. The number of nitrogens with one attached hydrogen (secondary N) is 4. The molecule has 16 heteroatoms. The molecule has 0 spiro atoms. The number of nitrogens with two attached hydrogens (primary N) is 2. The number of carbonyl (C=O) groups excluding carboxylic acids is 1. The lowest BCUT2D eigenvalue weighted by Gasteiger charge is -2.49. The molecule has 0 radical (unpaired) electrons. The summed E-state index contributed by atoms with van der Waals surface area (Å²) in [6, 6.07) is -2.97. The number of carbonyl (C=O) groups is 1. The molecular weight excluding hydrogens is 556 g/mol. The van der Waals surface area contributed by atoms with Crippen LogP contribution >= 0.6 is 0 Å². The summed E-state index contributed by atoms with van der Waals surface area (Å²) >= 11 is 0. The number of aliphatic hydroxyl groups is 5. The Morgan fingerprint density at radius 2 is 1.86 bits per heavy atom. The number of hydrogen-bond acceptors (Lipinski definition) is 15. The van der Waals surface area contributed by atoms with Gasteiger partial charge in [0.1, 0.15) is 35.8 Å². The van der Waals surface area contributed by atoms with Gasteiger partial charge in [-0.15, -0.1) is 0 Å². The van der Waals surface area contributed by atoms with E-state index in [1.807, 2.05) is 6.08 Å². The lowest BCUT2D eigenvalue weighted by molar-refractivity contribution is -0.304. The zero-order valence-corrected chi connectivity index (χ0v) is 24.1. The molecule has 1 saturated carbocycles. The molecule has 1 amide bonds. The predicted molar refractivity (Wildman–Crippen MR) is 147 cm³/mol. The van der Waals surface area contributed by atoms with Crippen LogP contribution in [0.4, 0.5) is 0 Å². The van der Waals surface area contributed by atoms with Gasteiger partial charge in [-0.2, -0.15) is 0 Å². The topological polar surface area (TPSA) is 255 Å². The van der Waals surface area contributed by atoms with Gasteiger partial charge >= 0.3 is 0 Å². The molecule has 0 aromatic rings. The minimum Gasteiger partial charge on any atom is -0.467 e. The predicted octanol–water partition coefficient (Wildman–Crippen LogP) is -5.35. The van der Waals surface area contributed by atoms with Crippen molar-refractivity contribution < 1.29 is 49.3 Å². The second-order valence-corrected chi connectivity index (χ2v) is 12.0. The van der Waals surface area contributed by atoms with Crippen LogP contribution < -0.4 is 32.7 Å². The summed E-state index contributed by atoms with van der Waals surface area (Å²) in [4.78, 5) is 12.9. The van der Waals surface area contributed by atoms with E-state index in [4.69, 9.17) is 35.5 Å². The molecule has 4 aliphatic rings. The first-order valence-electron chi connectivity index (χ1n) is 14.5. The molecule has 42 heavy (non-hydrogen) atoms. The van der Waals surface area contributed by atoms with Gasteiger partial charge in [-0.25, -0.2) is 0 Å². The van der Waals surface area contributed by atoms with Crippen LogP contribution in [0.5, 0.6) is 0 Å². The standard InChI is InChI=1S/C26H48N6O10/c1-25(37)12-39-24(19(36)22(25)29-2)42-21-16(32-17(34)8-26(38)10-31-11-26)7-15(28)20(18(21)35)41-23-14(27)4-3-13(40-23)9-30-5-6-33/h3,14-16,18-24,29-31,33,35-38H,4-12,27-28H2,1-2H3,(H,32,34)/t14-,15+,16-,18+,19-,20-,21+,22-,23-,24-,25+/m1/s1. The zero-order valence-electron chi connectivity index (χ0n) is 24.1. The van der Waals surface area contributed by atoms with E-state index in [9.17, 15) is 25.2 Å². The third kappa shape index (κ3) is 7.76. The van der Waals surface area contributed by atoms with Crippen LogP contribution in [0.3, 0.4) is 0 Å². The highest BCUT2D eigenvalue weighted by molar-refractivity contribution is 5.77. The Bertz CT molecular complexity index is 939. The molecule has 0 aromatic carbocycles. The van der Waals surface area contributed by atoms with Gasteiger partial charge in [0, 0.05) is 25.7 Å². The maximum absolute atomic E-state index is 12.9. The summed E-state index contributed by atoms with van der Waals surface area (Å²) in [5.41, 5.74) is 10.2. The van der Waals surface area contributed by atoms with Crippen LogP contribution in [0.2, 0.25) is 0 Å². The summed E-state index contributed by atoms with van der Waals surface area (Å²) in [7, 11) is 1.58. The van der Waals surface area contributed by atoms with Gasteiger partial charge in [-0.3, -0.25) is 4.79 Å². The highest BCUT2D eigenvalue weighted by Gasteiger charge is 2.52. The summed E-state index contributed by atoms with van der Waals surface area (Å²) in [5, 5.41) is 64.3. The minimum absolute atomic E-state index is 0.0306. The van der Waals surface area contributed by atoms with E-state index in [1.165, 1.54) is 6.92 Å². The molecule has 11 atom stereocenters. The molecule has 242 valence electrons. The van der Waals surface area contributed by atoms with E-state index >= 15 is 0 Å². The van der Waals surface area contributed by atoms with Crippen molar-refractivity contribution in [2.45, 2.75) is 98.6 Å². The van der Waals surface area contributed by atoms with Crippen LogP contribution in [0.25, 0.3) is 0 Å². The summed E-state index contributed by atoms with van der Waals surface area (Å²) in [6.45, 7) is 2.62. The molecule has 3 aliphatic heterocycles. The number of aliphatic hydroxyl groups excluding tert-OH is 3. The first-order valence-corrected chi connectivity index (χ1v) is 14.5. The van der Waals surface area contributed by atoms with E-state index in [0.29, 0.717) is 25.3 Å². The van der Waals surface area contributed by atoms with E-state index in [-0.39, 0.29) is 39.1 Å². The van der Waals surface area contributed by atoms with Gasteiger partial charge in [0.2, 0.25) is 12.2 Å². The van der Waals surface area contributed by atoms with E-state index in [1.54, 1.807) is 7.05 Å². The Labute approximate surface area is 245 Å². The SMILES string of the molecule is CN[C@@H]1[C@@H](O)[C@@H](O[C@@H]2[C@@H](O)[C@H](O[C@H]3OC(CNCCO)=CC[C@H]3N)[C@@H](N)C[C@H]2NC(=O)CC2(O)CNC2)OC[C@]1(C)O. The zero-order chi connectivity index (χ0) is 30.7. The number of likely N-dealkylation sites (N-methyl/N-ethyl adjacent to an activating group) is 1. The van der Waals surface area contributed by atoms with Crippen LogP contribution in [0.1, 0.15) is 26.2 Å². The Kier molecular flexibility index (Phi) is 11.2. The lowest BCUT2D eigenvalue weighted by atomic mass is 9.83. The molecular formula is C26H48N6O10. The van der Waals surface area contributed by atoms with Gasteiger partial charge in [0.15, 0.2) is 6.29 Å². The van der Waals surface area contributed by atoms with Gasteiger partial charge < -0.3 is 77.2 Å². The molecule has 3 heterocycles. The smallest absolute Gasteiger partial charge is 0.223 e. The summed E-state index contributed by atoms with van der Waals surface area (Å²) in [6.07, 6.45) is -4.92. The van der Waals surface area contributed by atoms with Crippen molar-refractivity contribution in [3.63, 3.8) is 0 Å². The molecule has 13 N–H and O–H groups in total. The van der Waals surface area contributed by atoms with Crippen LogP contribution in [-0.2, 0) is 23.7 Å². The monoisotopic (exact) mass is 604 g/mol. The van der Waals surface area contributed by atoms with Crippen LogP contribution in [0.15, 0.2) is 11.8 Å². The average Bonchev–Trinajstić information content (AvgIpc) is 2.90. The molecule has 0 bridgehead atoms. The number of hydrogen-bond donors (Lipinski definition) is 11. The maximum Gasteiger partial charge on any atom is 0.223 e. The van der Waals surface area contributed by atoms with Crippen molar-refractivity contribution in [3.8, 4) is 0 Å². The van der Waals surface area contributed by atoms with E-state index in [2.05, 4.69) is 21.3 Å². The number of amides is 1. The Hall–Kier alpha value is -1.51. The van der Waals surface area contributed by atoms with Crippen molar-refractivity contribution in [2.75, 3.05) is 46.4 Å². The van der Waals surface area contributed by atoms with Crippen LogP contribution in [0, 0.1) is 0 Å². The highest BCUT2D eigenvalue weighted by atomic mass is 16.7. The summed E-state index contributed by atoms with van der Waals surface area (Å²) < 4.78 is 23.9. The lowest BCUT2D eigenvalue weighted by Crippen LogP contribution is -2.69. The van der Waals surface area contributed by atoms with Crippen molar-refractivity contribution >= 4 is 5.91 Å². The van der Waals surface area contributed by atoms with E-state index in [0.717, 1.165) is 0 Å². The minimum atomic E-state index is -1.42. The van der Waals surface area contributed by atoms with Crippen LogP contribution in [-0.4, -0.2) is 150 Å². The molecule has 16 nitrogen and oxygen atoms in total. The molecule has 0 aromatic heterocycles. The van der Waals surface area contributed by atoms with Gasteiger partial charge in [0.25, 0.3) is 0 Å². The number of β-amino-alcohol motifs (C(OH)–C–C–N with tert-alkyl or cyclic N) is 1. The molecule has 0 unspecified atom stereocenters. The molecule has 1 aliphatic carbocycles. The summed E-state index contributed by atoms with van der Waals surface area (Å²) in [5.74, 6) is 0.111. The maximum atomic E-state index is 12.9. The van der Waals surface area contributed by atoms with Crippen molar-refractivity contribution in [2.24, 2.45) is 11.5 Å². The fraction of sp³-hybridized carbons (Fsp3) is 0.885. The van der Waals surface area contributed by atoms with E-state index < -0.39 is 78.3 Å². The first kappa shape index (κ1) is 33.4. The second-order valence-electron chi connectivity index (χ2n) is 12.0.